The molecule has 0 aliphatic heterocycles. The molecule has 0 bridgehead atoms. The molecule has 0 unspecified atom stereocenters. The molecule has 2 nitrogen and oxygen atoms in total. The number of hydrogen-bond donors (Lipinski definition) is 2. The van der Waals surface area contributed by atoms with E-state index in [9.17, 15) is 0 Å². The molecule has 3 heteroatoms. The van der Waals surface area contributed by atoms with Gasteiger partial charge in [-0.15, -0.1) is 0 Å². The van der Waals surface area contributed by atoms with Crippen LogP contribution in [0.4, 0.5) is 5.69 Å². The number of rotatable bonds is 5. The van der Waals surface area contributed by atoms with Gasteiger partial charge in [-0.3, -0.25) is 0 Å². The fourth-order valence-electron chi connectivity index (χ4n) is 3.60. The molecule has 0 spiro atoms. The molecule has 1 aromatic carbocycles. The molecule has 0 radical (unpaired) electrons. The van der Waals surface area contributed by atoms with Gasteiger partial charge in [0.25, 0.3) is 0 Å². The minimum atomic E-state index is 0.476. The van der Waals surface area contributed by atoms with Crippen LogP contribution in [0.1, 0.15) is 65.4 Å². The van der Waals surface area contributed by atoms with E-state index in [4.69, 9.17) is 12.2 Å². The zero-order valence-electron chi connectivity index (χ0n) is 15.1. The number of nitrogens with one attached hydrogen (secondary N) is 2. The van der Waals surface area contributed by atoms with Gasteiger partial charge in [0.1, 0.15) is 0 Å². The Labute approximate surface area is 147 Å². The molecule has 0 saturated heterocycles. The van der Waals surface area contributed by atoms with Gasteiger partial charge in [0, 0.05) is 11.7 Å². The normalized spacial score (nSPS) is 21.7. The molecule has 1 fully saturated rings. The average molecular weight is 333 g/mol. The summed E-state index contributed by atoms with van der Waals surface area (Å²) in [7, 11) is 0. The van der Waals surface area contributed by atoms with E-state index in [2.05, 4.69) is 62.6 Å². The van der Waals surface area contributed by atoms with Crippen molar-refractivity contribution in [1.29, 1.82) is 0 Å². The van der Waals surface area contributed by atoms with Crippen molar-refractivity contribution in [3.63, 3.8) is 0 Å². The van der Waals surface area contributed by atoms with Gasteiger partial charge in [0.05, 0.1) is 0 Å². The molecule has 1 aromatic rings. The highest BCUT2D eigenvalue weighted by Crippen LogP contribution is 2.40. The number of aryl methyl sites for hydroxylation is 1. The van der Waals surface area contributed by atoms with E-state index in [-0.39, 0.29) is 0 Å². The van der Waals surface area contributed by atoms with Gasteiger partial charge in [0.2, 0.25) is 0 Å². The Morgan fingerprint density at radius 3 is 2.39 bits per heavy atom. The van der Waals surface area contributed by atoms with Crippen LogP contribution in [-0.2, 0) is 6.42 Å². The predicted octanol–water partition coefficient (Wildman–Crippen LogP) is 5.53. The zero-order valence-corrected chi connectivity index (χ0v) is 15.9. The quantitative estimate of drug-likeness (QED) is 0.693. The van der Waals surface area contributed by atoms with Gasteiger partial charge in [-0.05, 0) is 67.3 Å². The molecule has 0 atom stereocenters. The third-order valence-electron chi connectivity index (χ3n) is 5.73. The molecule has 1 aliphatic carbocycles. The van der Waals surface area contributed by atoms with Crippen LogP contribution in [0.3, 0.4) is 0 Å². The third-order valence-corrected chi connectivity index (χ3v) is 5.95. The number of hydrogen-bond acceptors (Lipinski definition) is 1. The Kier molecular flexibility index (Phi) is 6.46. The molecule has 2 rings (SSSR count). The largest absolute Gasteiger partial charge is 0.360 e. The van der Waals surface area contributed by atoms with Crippen molar-refractivity contribution >= 4 is 23.0 Å². The third kappa shape index (κ3) is 4.94. The highest BCUT2D eigenvalue weighted by Gasteiger charge is 2.31. The van der Waals surface area contributed by atoms with Crippen molar-refractivity contribution in [2.24, 2.45) is 11.3 Å². The zero-order chi connectivity index (χ0) is 16.9. The summed E-state index contributed by atoms with van der Waals surface area (Å²) >= 11 is 5.53. The minimum Gasteiger partial charge on any atom is -0.360 e. The maximum absolute atomic E-state index is 5.53. The summed E-state index contributed by atoms with van der Waals surface area (Å²) in [6.45, 7) is 9.32. The first-order valence-corrected chi connectivity index (χ1v) is 9.52. The second-order valence-electron chi connectivity index (χ2n) is 7.50. The maximum atomic E-state index is 5.53. The lowest BCUT2D eigenvalue weighted by molar-refractivity contribution is 0.141. The second kappa shape index (κ2) is 8.14. The number of anilines is 1. The minimum absolute atomic E-state index is 0.476. The van der Waals surface area contributed by atoms with Gasteiger partial charge in [-0.2, -0.15) is 0 Å². The van der Waals surface area contributed by atoms with E-state index >= 15 is 0 Å². The molecule has 1 aliphatic rings. The van der Waals surface area contributed by atoms with Crippen LogP contribution in [0.5, 0.6) is 0 Å². The lowest BCUT2D eigenvalue weighted by Crippen LogP contribution is -2.41. The SMILES string of the molecule is CCc1ccccc1NC(=S)NC1CCC(C(C)(C)CC)CC1. The molecule has 1 saturated carbocycles. The summed E-state index contributed by atoms with van der Waals surface area (Å²) in [4.78, 5) is 0. The molecule has 2 N–H and O–H groups in total. The van der Waals surface area contributed by atoms with Crippen molar-refractivity contribution in [1.82, 2.24) is 5.32 Å². The highest BCUT2D eigenvalue weighted by molar-refractivity contribution is 7.80. The van der Waals surface area contributed by atoms with Crippen LogP contribution < -0.4 is 10.6 Å². The molecule has 128 valence electrons. The van der Waals surface area contributed by atoms with E-state index in [1.807, 2.05) is 0 Å². The van der Waals surface area contributed by atoms with Crippen LogP contribution in [0.2, 0.25) is 0 Å². The van der Waals surface area contributed by atoms with Crippen molar-refractivity contribution in [2.45, 2.75) is 72.3 Å². The van der Waals surface area contributed by atoms with Gasteiger partial charge in [0.15, 0.2) is 5.11 Å². The Bertz CT molecular complexity index is 516. The fourth-order valence-corrected chi connectivity index (χ4v) is 3.88. The van der Waals surface area contributed by atoms with Crippen molar-refractivity contribution in [2.75, 3.05) is 5.32 Å². The Morgan fingerprint density at radius 1 is 1.13 bits per heavy atom. The summed E-state index contributed by atoms with van der Waals surface area (Å²) in [5.74, 6) is 0.855. The Hall–Kier alpha value is -1.09. The van der Waals surface area contributed by atoms with Gasteiger partial charge in [-0.25, -0.2) is 0 Å². The summed E-state index contributed by atoms with van der Waals surface area (Å²) in [5.41, 5.74) is 2.92. The number of benzene rings is 1. The van der Waals surface area contributed by atoms with Crippen molar-refractivity contribution in [3.05, 3.63) is 29.8 Å². The highest BCUT2D eigenvalue weighted by atomic mass is 32.1. The van der Waals surface area contributed by atoms with Gasteiger partial charge in [-0.1, -0.05) is 52.3 Å². The number of para-hydroxylation sites is 1. The predicted molar refractivity (Wildman–Crippen MR) is 105 cm³/mol. The Morgan fingerprint density at radius 2 is 1.78 bits per heavy atom. The summed E-state index contributed by atoms with van der Waals surface area (Å²) in [6, 6.07) is 8.92. The molecular weight excluding hydrogens is 300 g/mol. The molecule has 0 aromatic heterocycles. The smallest absolute Gasteiger partial charge is 0.171 e. The first-order valence-electron chi connectivity index (χ1n) is 9.11. The van der Waals surface area contributed by atoms with Crippen molar-refractivity contribution in [3.8, 4) is 0 Å². The summed E-state index contributed by atoms with van der Waals surface area (Å²) in [6.07, 6.45) is 7.36. The topological polar surface area (TPSA) is 24.1 Å². The van der Waals surface area contributed by atoms with E-state index in [0.717, 1.165) is 23.1 Å². The van der Waals surface area contributed by atoms with Crippen LogP contribution in [0.25, 0.3) is 0 Å². The van der Waals surface area contributed by atoms with E-state index < -0.39 is 0 Å². The lowest BCUT2D eigenvalue weighted by Gasteiger charge is -2.39. The van der Waals surface area contributed by atoms with Gasteiger partial charge < -0.3 is 10.6 Å². The fraction of sp³-hybridized carbons (Fsp3) is 0.650. The second-order valence-corrected chi connectivity index (χ2v) is 7.91. The van der Waals surface area contributed by atoms with Gasteiger partial charge >= 0.3 is 0 Å². The molecule has 0 heterocycles. The average Bonchev–Trinajstić information content (AvgIpc) is 2.55. The van der Waals surface area contributed by atoms with E-state index in [0.29, 0.717) is 11.5 Å². The summed E-state index contributed by atoms with van der Waals surface area (Å²) in [5, 5.41) is 7.68. The van der Waals surface area contributed by atoms with Crippen LogP contribution >= 0.6 is 12.2 Å². The Balaban J connectivity index is 1.83. The van der Waals surface area contributed by atoms with E-state index in [1.54, 1.807) is 0 Å². The number of thiocarbonyl (C=S) groups is 1. The van der Waals surface area contributed by atoms with Crippen LogP contribution in [0, 0.1) is 11.3 Å². The molecule has 23 heavy (non-hydrogen) atoms. The standard InChI is InChI=1S/C20H32N2S/c1-5-15-9-7-8-10-18(15)22-19(23)21-17-13-11-16(12-14-17)20(3,4)6-2/h7-10,16-17H,5-6,11-14H2,1-4H3,(H2,21,22,23). The molecular formula is C20H32N2S. The van der Waals surface area contributed by atoms with E-state index in [1.165, 1.54) is 37.7 Å². The lowest BCUT2D eigenvalue weighted by atomic mass is 9.69. The first-order chi connectivity index (χ1) is 11.0. The van der Waals surface area contributed by atoms with Crippen LogP contribution in [0.15, 0.2) is 24.3 Å². The van der Waals surface area contributed by atoms with Crippen molar-refractivity contribution < 1.29 is 0 Å². The summed E-state index contributed by atoms with van der Waals surface area (Å²) < 4.78 is 0. The molecule has 0 amide bonds. The monoisotopic (exact) mass is 332 g/mol. The first kappa shape index (κ1) is 18.3. The maximum Gasteiger partial charge on any atom is 0.171 e. The van der Waals surface area contributed by atoms with Crippen LogP contribution in [-0.4, -0.2) is 11.2 Å².